The molecule has 1 aromatic heterocycles. The number of H-pyrrole nitrogens is 1. The summed E-state index contributed by atoms with van der Waals surface area (Å²) in [6.07, 6.45) is -0.202. The summed E-state index contributed by atoms with van der Waals surface area (Å²) in [6, 6.07) is 12.9. The van der Waals surface area contributed by atoms with Crippen LogP contribution in [0.25, 0.3) is 11.0 Å². The number of aromatic nitrogens is 2. The first-order valence-corrected chi connectivity index (χ1v) is 9.47. The van der Waals surface area contributed by atoms with Crippen molar-refractivity contribution < 1.29 is 14.3 Å². The number of fused-ring (bicyclic) bond motifs is 2. The number of imidazole rings is 1. The fourth-order valence-electron chi connectivity index (χ4n) is 2.60. The number of carbonyl (C=O) groups excluding carboxylic acids is 1. The number of nitrogens with zero attached hydrogens (tertiary/aromatic N) is 1. The first kappa shape index (κ1) is 17.1. The first-order valence-electron chi connectivity index (χ1n) is 8.10. The number of ether oxygens (including phenoxy) is 2. The minimum Gasteiger partial charge on any atom is -0.486 e. The quantitative estimate of drug-likeness (QED) is 0.655. The third-order valence-electron chi connectivity index (χ3n) is 3.86. The number of para-hydroxylation sites is 2. The third-order valence-corrected chi connectivity index (χ3v) is 4.97. The van der Waals surface area contributed by atoms with E-state index in [9.17, 15) is 4.79 Å². The molecule has 0 spiro atoms. The Morgan fingerprint density at radius 1 is 1.31 bits per heavy atom. The lowest BCUT2D eigenvalue weighted by Crippen LogP contribution is -2.41. The number of halogens is 1. The van der Waals surface area contributed by atoms with Crippen molar-refractivity contribution >= 4 is 40.3 Å². The second kappa shape index (κ2) is 7.47. The maximum Gasteiger partial charge on any atom is 0.230 e. The zero-order valence-corrected chi connectivity index (χ0v) is 15.3. The van der Waals surface area contributed by atoms with Crippen LogP contribution in [0.3, 0.4) is 0 Å². The van der Waals surface area contributed by atoms with Crippen LogP contribution in [0.4, 0.5) is 0 Å². The zero-order chi connectivity index (χ0) is 17.9. The monoisotopic (exact) mass is 389 g/mol. The maximum atomic E-state index is 12.1. The lowest BCUT2D eigenvalue weighted by Gasteiger charge is -2.26. The van der Waals surface area contributed by atoms with Crippen LogP contribution < -0.4 is 14.8 Å². The van der Waals surface area contributed by atoms with Crippen LogP contribution in [0.1, 0.15) is 0 Å². The number of thioether (sulfide) groups is 1. The normalized spacial score (nSPS) is 15.8. The lowest BCUT2D eigenvalue weighted by molar-refractivity contribution is -0.119. The Morgan fingerprint density at radius 3 is 3.04 bits per heavy atom. The van der Waals surface area contributed by atoms with Crippen molar-refractivity contribution in [2.24, 2.45) is 0 Å². The zero-order valence-electron chi connectivity index (χ0n) is 13.7. The highest BCUT2D eigenvalue weighted by atomic mass is 35.5. The predicted molar refractivity (Wildman–Crippen MR) is 101 cm³/mol. The van der Waals surface area contributed by atoms with E-state index in [2.05, 4.69) is 15.3 Å². The van der Waals surface area contributed by atoms with Crippen LogP contribution in [0.15, 0.2) is 47.6 Å². The van der Waals surface area contributed by atoms with Gasteiger partial charge in [-0.2, -0.15) is 0 Å². The minimum absolute atomic E-state index is 0.0871. The van der Waals surface area contributed by atoms with Gasteiger partial charge < -0.3 is 19.8 Å². The van der Waals surface area contributed by atoms with Gasteiger partial charge >= 0.3 is 0 Å². The lowest BCUT2D eigenvalue weighted by atomic mass is 10.2. The highest BCUT2D eigenvalue weighted by Crippen LogP contribution is 2.30. The number of benzene rings is 2. The molecule has 0 saturated carbocycles. The Morgan fingerprint density at radius 2 is 2.15 bits per heavy atom. The molecule has 0 aliphatic carbocycles. The van der Waals surface area contributed by atoms with E-state index in [1.807, 2.05) is 36.4 Å². The first-order chi connectivity index (χ1) is 12.7. The fraction of sp³-hybridized carbons (Fsp3) is 0.222. The van der Waals surface area contributed by atoms with Crippen LogP contribution in [0.2, 0.25) is 5.02 Å². The van der Waals surface area contributed by atoms with Gasteiger partial charge in [0.15, 0.2) is 16.7 Å². The number of hydrogen-bond donors (Lipinski definition) is 2. The average molecular weight is 390 g/mol. The van der Waals surface area contributed by atoms with Gasteiger partial charge in [-0.3, -0.25) is 4.79 Å². The van der Waals surface area contributed by atoms with Gasteiger partial charge in [0.2, 0.25) is 5.91 Å². The minimum atomic E-state index is -0.202. The van der Waals surface area contributed by atoms with E-state index in [0.29, 0.717) is 29.1 Å². The van der Waals surface area contributed by atoms with E-state index in [1.54, 1.807) is 6.07 Å². The molecule has 134 valence electrons. The molecule has 2 N–H and O–H groups in total. The summed E-state index contributed by atoms with van der Waals surface area (Å²) < 4.78 is 11.5. The molecule has 3 aromatic rings. The summed E-state index contributed by atoms with van der Waals surface area (Å²) in [5.74, 6) is 1.61. The van der Waals surface area contributed by atoms with Crippen molar-refractivity contribution in [3.05, 3.63) is 47.5 Å². The van der Waals surface area contributed by atoms with E-state index in [4.69, 9.17) is 21.1 Å². The van der Waals surface area contributed by atoms with Crippen LogP contribution in [0, 0.1) is 0 Å². The van der Waals surface area contributed by atoms with E-state index in [0.717, 1.165) is 16.8 Å². The van der Waals surface area contributed by atoms with Gasteiger partial charge in [-0.25, -0.2) is 4.98 Å². The molecule has 8 heteroatoms. The number of rotatable bonds is 5. The molecule has 2 heterocycles. The summed E-state index contributed by atoms with van der Waals surface area (Å²) in [4.78, 5) is 19.7. The van der Waals surface area contributed by atoms with E-state index < -0.39 is 0 Å². The molecule has 1 atom stereocenters. The number of hydrogen-bond acceptors (Lipinski definition) is 5. The Balaban J connectivity index is 1.26. The summed E-state index contributed by atoms with van der Waals surface area (Å²) in [6.45, 7) is 0.804. The fourth-order valence-corrected chi connectivity index (χ4v) is 3.49. The molecule has 2 aromatic carbocycles. The molecular formula is C18H16ClN3O3S. The standard InChI is InChI=1S/C18H16ClN3O3S/c19-11-5-6-13-14(7-11)22-18(21-13)26-10-17(23)20-8-12-9-24-15-3-1-2-4-16(15)25-12/h1-7,12H,8-10H2,(H,20,23)(H,21,22). The van der Waals surface area contributed by atoms with Crippen LogP contribution >= 0.6 is 23.4 Å². The molecule has 4 rings (SSSR count). The van der Waals surface area contributed by atoms with Gasteiger partial charge in [0.05, 0.1) is 23.3 Å². The summed E-state index contributed by atoms with van der Waals surface area (Å²) >= 11 is 7.30. The Kier molecular flexibility index (Phi) is 4.90. The summed E-state index contributed by atoms with van der Waals surface area (Å²) in [5.41, 5.74) is 1.68. The third kappa shape index (κ3) is 3.89. The second-order valence-electron chi connectivity index (χ2n) is 5.79. The number of nitrogens with one attached hydrogen (secondary N) is 2. The van der Waals surface area contributed by atoms with E-state index >= 15 is 0 Å². The second-order valence-corrected chi connectivity index (χ2v) is 7.19. The molecule has 0 bridgehead atoms. The Labute approximate surface area is 159 Å². The molecule has 0 radical (unpaired) electrons. The van der Waals surface area contributed by atoms with Crippen molar-refractivity contribution in [1.82, 2.24) is 15.3 Å². The average Bonchev–Trinajstić information content (AvgIpc) is 3.06. The Hall–Kier alpha value is -2.38. The summed E-state index contributed by atoms with van der Waals surface area (Å²) in [7, 11) is 0. The molecular weight excluding hydrogens is 374 g/mol. The van der Waals surface area contributed by atoms with Gasteiger partial charge in [-0.15, -0.1) is 0 Å². The molecule has 26 heavy (non-hydrogen) atoms. The van der Waals surface area contributed by atoms with Gasteiger partial charge in [0, 0.05) is 5.02 Å². The van der Waals surface area contributed by atoms with Gasteiger partial charge in [0.25, 0.3) is 0 Å². The maximum absolute atomic E-state index is 12.1. The van der Waals surface area contributed by atoms with Crippen LogP contribution in [-0.4, -0.2) is 40.9 Å². The SMILES string of the molecule is O=C(CSc1nc2ccc(Cl)cc2[nH]1)NCC1COc2ccccc2O1. The number of carbonyl (C=O) groups is 1. The van der Waals surface area contributed by atoms with Crippen molar-refractivity contribution in [2.45, 2.75) is 11.3 Å². The van der Waals surface area contributed by atoms with Gasteiger partial charge in [0.1, 0.15) is 12.7 Å². The molecule has 0 saturated heterocycles. The van der Waals surface area contributed by atoms with Crippen molar-refractivity contribution in [3.8, 4) is 11.5 Å². The van der Waals surface area contributed by atoms with Gasteiger partial charge in [-0.1, -0.05) is 35.5 Å². The van der Waals surface area contributed by atoms with Gasteiger partial charge in [-0.05, 0) is 30.3 Å². The molecule has 1 unspecified atom stereocenters. The van der Waals surface area contributed by atoms with Crippen LogP contribution in [-0.2, 0) is 4.79 Å². The van der Waals surface area contributed by atoms with Crippen molar-refractivity contribution in [3.63, 3.8) is 0 Å². The molecule has 1 aliphatic heterocycles. The number of amides is 1. The number of aromatic amines is 1. The molecule has 0 fully saturated rings. The molecule has 1 aliphatic rings. The highest BCUT2D eigenvalue weighted by molar-refractivity contribution is 7.99. The summed E-state index contributed by atoms with van der Waals surface area (Å²) in [5, 5.41) is 4.20. The highest BCUT2D eigenvalue weighted by Gasteiger charge is 2.21. The predicted octanol–water partition coefficient (Wildman–Crippen LogP) is 3.26. The van der Waals surface area contributed by atoms with Crippen molar-refractivity contribution in [2.75, 3.05) is 18.9 Å². The molecule has 1 amide bonds. The van der Waals surface area contributed by atoms with Crippen molar-refractivity contribution in [1.29, 1.82) is 0 Å². The van der Waals surface area contributed by atoms with E-state index in [1.165, 1.54) is 11.8 Å². The topological polar surface area (TPSA) is 76.2 Å². The Bertz CT molecular complexity index is 946. The van der Waals surface area contributed by atoms with Crippen LogP contribution in [0.5, 0.6) is 11.5 Å². The largest absolute Gasteiger partial charge is 0.486 e. The molecule has 6 nitrogen and oxygen atoms in total. The van der Waals surface area contributed by atoms with E-state index in [-0.39, 0.29) is 17.8 Å². The smallest absolute Gasteiger partial charge is 0.230 e.